The molecule has 0 unspecified atom stereocenters. The summed E-state index contributed by atoms with van der Waals surface area (Å²) in [5.41, 5.74) is 7.95. The number of pyridine rings is 1. The highest BCUT2D eigenvalue weighted by Crippen LogP contribution is 2.13. The van der Waals surface area contributed by atoms with Crippen molar-refractivity contribution >= 4 is 11.4 Å². The Hall–Kier alpha value is -2.35. The SMILES string of the molecule is Cc1cc(C(N)=O)n2nc(CC#N)cc2c1. The molecule has 2 aromatic heterocycles. The van der Waals surface area contributed by atoms with Crippen LogP contribution in [0.25, 0.3) is 5.52 Å². The Kier molecular flexibility index (Phi) is 2.33. The van der Waals surface area contributed by atoms with Crippen LogP contribution in [0.15, 0.2) is 18.2 Å². The van der Waals surface area contributed by atoms with E-state index in [1.807, 2.05) is 19.1 Å². The van der Waals surface area contributed by atoms with Crippen LogP contribution in [-0.4, -0.2) is 15.5 Å². The Balaban J connectivity index is 2.71. The lowest BCUT2D eigenvalue weighted by Crippen LogP contribution is -2.16. The van der Waals surface area contributed by atoms with Gasteiger partial charge < -0.3 is 5.73 Å². The summed E-state index contributed by atoms with van der Waals surface area (Å²) in [6.45, 7) is 1.88. The summed E-state index contributed by atoms with van der Waals surface area (Å²) in [5, 5.41) is 12.7. The van der Waals surface area contributed by atoms with Crippen LogP contribution in [0.5, 0.6) is 0 Å². The highest BCUT2D eigenvalue weighted by Gasteiger charge is 2.10. The van der Waals surface area contributed by atoms with Crippen molar-refractivity contribution in [1.82, 2.24) is 9.61 Å². The molecule has 16 heavy (non-hydrogen) atoms. The normalized spacial score (nSPS) is 10.2. The van der Waals surface area contributed by atoms with Gasteiger partial charge in [-0.2, -0.15) is 10.4 Å². The minimum absolute atomic E-state index is 0.221. The van der Waals surface area contributed by atoms with E-state index in [0.717, 1.165) is 11.1 Å². The van der Waals surface area contributed by atoms with Crippen LogP contribution in [0.3, 0.4) is 0 Å². The maximum atomic E-state index is 11.2. The van der Waals surface area contributed by atoms with Crippen molar-refractivity contribution in [1.29, 1.82) is 5.26 Å². The molecule has 2 N–H and O–H groups in total. The Morgan fingerprint density at radius 2 is 2.31 bits per heavy atom. The Labute approximate surface area is 92.1 Å². The monoisotopic (exact) mass is 214 g/mol. The van der Waals surface area contributed by atoms with Gasteiger partial charge in [-0.25, -0.2) is 4.52 Å². The quantitative estimate of drug-likeness (QED) is 0.802. The van der Waals surface area contributed by atoms with Crippen LogP contribution < -0.4 is 5.73 Å². The zero-order valence-electron chi connectivity index (χ0n) is 8.77. The number of nitrogens with zero attached hydrogens (tertiary/aromatic N) is 3. The number of primary amides is 1. The van der Waals surface area contributed by atoms with Crippen LogP contribution in [0, 0.1) is 18.3 Å². The average Bonchev–Trinajstić information content (AvgIpc) is 2.59. The number of aromatic nitrogens is 2. The average molecular weight is 214 g/mol. The number of nitriles is 1. The fourth-order valence-corrected chi connectivity index (χ4v) is 1.64. The van der Waals surface area contributed by atoms with E-state index >= 15 is 0 Å². The largest absolute Gasteiger partial charge is 0.364 e. The van der Waals surface area contributed by atoms with E-state index in [4.69, 9.17) is 11.0 Å². The smallest absolute Gasteiger partial charge is 0.267 e. The first-order valence-electron chi connectivity index (χ1n) is 4.78. The van der Waals surface area contributed by atoms with E-state index in [1.165, 1.54) is 4.52 Å². The van der Waals surface area contributed by atoms with Crippen molar-refractivity contribution in [3.63, 3.8) is 0 Å². The van der Waals surface area contributed by atoms with Crippen LogP contribution in [-0.2, 0) is 6.42 Å². The number of aryl methyl sites for hydroxylation is 1. The highest BCUT2D eigenvalue weighted by molar-refractivity contribution is 5.92. The topological polar surface area (TPSA) is 84.2 Å². The van der Waals surface area contributed by atoms with E-state index in [1.54, 1.807) is 12.1 Å². The van der Waals surface area contributed by atoms with Gasteiger partial charge in [-0.1, -0.05) is 0 Å². The van der Waals surface area contributed by atoms with Crippen molar-refractivity contribution in [2.75, 3.05) is 0 Å². The van der Waals surface area contributed by atoms with Gasteiger partial charge >= 0.3 is 0 Å². The van der Waals surface area contributed by atoms with E-state index in [9.17, 15) is 4.79 Å². The predicted octanol–water partition coefficient (Wildman–Crippen LogP) is 0.808. The number of hydrogen-bond donors (Lipinski definition) is 1. The number of hydrogen-bond acceptors (Lipinski definition) is 3. The molecule has 0 aromatic carbocycles. The van der Waals surface area contributed by atoms with Gasteiger partial charge in [0, 0.05) is 0 Å². The van der Waals surface area contributed by atoms with Gasteiger partial charge in [0.15, 0.2) is 0 Å². The van der Waals surface area contributed by atoms with E-state index in [0.29, 0.717) is 11.4 Å². The standard InChI is InChI=1S/C11H10N4O/c1-7-4-9-6-8(2-3-12)14-15(9)10(5-7)11(13)16/h4-6H,2H2,1H3,(H2,13,16). The molecule has 0 aliphatic rings. The highest BCUT2D eigenvalue weighted by atomic mass is 16.1. The molecule has 0 aliphatic carbocycles. The molecule has 1 amide bonds. The minimum Gasteiger partial charge on any atom is -0.364 e. The van der Waals surface area contributed by atoms with Gasteiger partial charge in [0.2, 0.25) is 0 Å². The molecular formula is C11H10N4O. The maximum Gasteiger partial charge on any atom is 0.267 e. The molecule has 0 saturated carbocycles. The minimum atomic E-state index is -0.527. The lowest BCUT2D eigenvalue weighted by molar-refractivity contribution is 0.0993. The third kappa shape index (κ3) is 1.61. The van der Waals surface area contributed by atoms with Crippen molar-refractivity contribution < 1.29 is 4.79 Å². The Bertz CT molecular complexity index is 606. The number of amides is 1. The Morgan fingerprint density at radius 3 is 2.94 bits per heavy atom. The van der Waals surface area contributed by atoms with Crippen molar-refractivity contribution in [2.45, 2.75) is 13.3 Å². The summed E-state index contributed by atoms with van der Waals surface area (Å²) < 4.78 is 1.47. The van der Waals surface area contributed by atoms with Gasteiger partial charge in [-0.15, -0.1) is 0 Å². The second kappa shape index (κ2) is 3.66. The van der Waals surface area contributed by atoms with Gasteiger partial charge in [-0.3, -0.25) is 4.79 Å². The van der Waals surface area contributed by atoms with Crippen molar-refractivity contribution in [3.05, 3.63) is 35.2 Å². The lowest BCUT2D eigenvalue weighted by Gasteiger charge is -2.01. The first-order chi connectivity index (χ1) is 7.61. The molecule has 80 valence electrons. The summed E-state index contributed by atoms with van der Waals surface area (Å²) in [4.78, 5) is 11.2. The molecule has 0 atom stereocenters. The van der Waals surface area contributed by atoms with Gasteiger partial charge in [0.1, 0.15) is 5.69 Å². The molecular weight excluding hydrogens is 204 g/mol. The number of fused-ring (bicyclic) bond motifs is 1. The third-order valence-corrected chi connectivity index (χ3v) is 2.27. The molecule has 0 fully saturated rings. The summed E-state index contributed by atoms with van der Waals surface area (Å²) in [6, 6.07) is 7.36. The summed E-state index contributed by atoms with van der Waals surface area (Å²) >= 11 is 0. The van der Waals surface area contributed by atoms with Crippen LogP contribution in [0.1, 0.15) is 21.7 Å². The second-order valence-electron chi connectivity index (χ2n) is 3.59. The molecule has 5 heteroatoms. The third-order valence-electron chi connectivity index (χ3n) is 2.27. The molecule has 5 nitrogen and oxygen atoms in total. The zero-order chi connectivity index (χ0) is 11.7. The summed E-state index contributed by atoms with van der Waals surface area (Å²) in [5.74, 6) is -0.527. The molecule has 0 bridgehead atoms. The van der Waals surface area contributed by atoms with Gasteiger partial charge in [-0.05, 0) is 30.7 Å². The van der Waals surface area contributed by atoms with Crippen molar-refractivity contribution in [2.24, 2.45) is 5.73 Å². The van der Waals surface area contributed by atoms with Crippen LogP contribution in [0.4, 0.5) is 0 Å². The fourth-order valence-electron chi connectivity index (χ4n) is 1.64. The first kappa shape index (κ1) is 10.2. The maximum absolute atomic E-state index is 11.2. The van der Waals surface area contributed by atoms with Crippen LogP contribution in [0.2, 0.25) is 0 Å². The lowest BCUT2D eigenvalue weighted by atomic mass is 10.2. The van der Waals surface area contributed by atoms with Crippen molar-refractivity contribution in [3.8, 4) is 6.07 Å². The molecule has 0 saturated heterocycles. The second-order valence-corrected chi connectivity index (χ2v) is 3.59. The van der Waals surface area contributed by atoms with E-state index in [2.05, 4.69) is 5.10 Å². The van der Waals surface area contributed by atoms with E-state index < -0.39 is 5.91 Å². The summed E-state index contributed by atoms with van der Waals surface area (Å²) in [7, 11) is 0. The fraction of sp³-hybridized carbons (Fsp3) is 0.182. The molecule has 2 aromatic rings. The predicted molar refractivity (Wildman–Crippen MR) is 57.8 cm³/mol. The number of nitrogens with two attached hydrogens (primary N) is 1. The number of rotatable bonds is 2. The number of carbonyl (C=O) groups is 1. The molecule has 0 spiro atoms. The zero-order valence-corrected chi connectivity index (χ0v) is 8.77. The summed E-state index contributed by atoms with van der Waals surface area (Å²) in [6.07, 6.45) is 0.221. The first-order valence-corrected chi connectivity index (χ1v) is 4.78. The van der Waals surface area contributed by atoms with E-state index in [-0.39, 0.29) is 6.42 Å². The molecule has 0 aliphatic heterocycles. The number of carbonyl (C=O) groups excluding carboxylic acids is 1. The Morgan fingerprint density at radius 1 is 1.56 bits per heavy atom. The van der Waals surface area contributed by atoms with Gasteiger partial charge in [0.05, 0.1) is 23.7 Å². The molecule has 2 heterocycles. The van der Waals surface area contributed by atoms with Crippen LogP contribution >= 0.6 is 0 Å². The van der Waals surface area contributed by atoms with Gasteiger partial charge in [0.25, 0.3) is 5.91 Å². The molecule has 2 rings (SSSR count). The molecule has 0 radical (unpaired) electrons.